The van der Waals surface area contributed by atoms with Gasteiger partial charge in [-0.2, -0.15) is 0 Å². The number of hydrogen-bond acceptors (Lipinski definition) is 6. The largest absolute Gasteiger partial charge is 0.414 e. The molecule has 2 heterocycles. The molecular formula is C26H34N6O3. The highest BCUT2D eigenvalue weighted by atomic mass is 16.6. The van der Waals surface area contributed by atoms with Crippen molar-refractivity contribution in [1.29, 1.82) is 0 Å². The van der Waals surface area contributed by atoms with E-state index >= 15 is 0 Å². The SMILES string of the molecule is Cc1ccc(C(=O)Nc2cc(C(C)(C)C)cnc2C)cc1-n1cc(OC(=O)NCC(C)(C)C)nn1. The van der Waals surface area contributed by atoms with Gasteiger partial charge in [-0.3, -0.25) is 9.78 Å². The summed E-state index contributed by atoms with van der Waals surface area (Å²) in [5.74, 6) is -0.202. The van der Waals surface area contributed by atoms with Crippen LogP contribution in [-0.2, 0) is 5.41 Å². The van der Waals surface area contributed by atoms with E-state index < -0.39 is 6.09 Å². The van der Waals surface area contributed by atoms with E-state index in [4.69, 9.17) is 4.74 Å². The predicted octanol–water partition coefficient (Wildman–Crippen LogP) is 4.96. The maximum Gasteiger partial charge on any atom is 0.414 e. The number of carbonyl (C=O) groups is 2. The smallest absolute Gasteiger partial charge is 0.388 e. The van der Waals surface area contributed by atoms with Gasteiger partial charge in [-0.05, 0) is 54.0 Å². The first-order chi connectivity index (χ1) is 16.2. The molecule has 35 heavy (non-hydrogen) atoms. The Hall–Kier alpha value is -3.75. The van der Waals surface area contributed by atoms with Crippen LogP contribution in [0.5, 0.6) is 5.88 Å². The van der Waals surface area contributed by atoms with Crippen molar-refractivity contribution in [2.24, 2.45) is 5.41 Å². The second-order valence-corrected chi connectivity index (χ2v) is 10.9. The third-order valence-corrected chi connectivity index (χ3v) is 5.35. The van der Waals surface area contributed by atoms with Crippen molar-refractivity contribution >= 4 is 17.7 Å². The van der Waals surface area contributed by atoms with E-state index in [0.29, 0.717) is 23.5 Å². The van der Waals surface area contributed by atoms with Crippen LogP contribution in [0.1, 0.15) is 68.7 Å². The highest BCUT2D eigenvalue weighted by Crippen LogP contribution is 2.26. The average molecular weight is 479 g/mol. The average Bonchev–Trinajstić information content (AvgIpc) is 3.21. The van der Waals surface area contributed by atoms with Crippen molar-refractivity contribution in [3.8, 4) is 11.6 Å². The molecule has 0 unspecified atom stereocenters. The lowest BCUT2D eigenvalue weighted by Crippen LogP contribution is -2.34. The summed E-state index contributed by atoms with van der Waals surface area (Å²) in [5.41, 5.74) is 4.25. The number of carbonyl (C=O) groups excluding carboxylic acids is 2. The Morgan fingerprint density at radius 2 is 1.77 bits per heavy atom. The van der Waals surface area contributed by atoms with Gasteiger partial charge in [-0.1, -0.05) is 57.9 Å². The maximum absolute atomic E-state index is 13.1. The fraction of sp³-hybridized carbons (Fsp3) is 0.423. The van der Waals surface area contributed by atoms with E-state index in [1.807, 2.05) is 52.9 Å². The number of pyridine rings is 1. The highest BCUT2D eigenvalue weighted by molar-refractivity contribution is 6.05. The van der Waals surface area contributed by atoms with E-state index in [2.05, 4.69) is 46.7 Å². The fourth-order valence-corrected chi connectivity index (χ4v) is 3.14. The first kappa shape index (κ1) is 25.9. The monoisotopic (exact) mass is 478 g/mol. The van der Waals surface area contributed by atoms with Crippen LogP contribution in [0.25, 0.3) is 5.69 Å². The molecule has 1 aromatic carbocycles. The lowest BCUT2D eigenvalue weighted by molar-refractivity contribution is 0.102. The third kappa shape index (κ3) is 6.88. The molecule has 0 aliphatic carbocycles. The van der Waals surface area contributed by atoms with Crippen molar-refractivity contribution in [2.75, 3.05) is 11.9 Å². The number of aromatic nitrogens is 4. The van der Waals surface area contributed by atoms with Gasteiger partial charge >= 0.3 is 6.09 Å². The molecule has 3 aromatic rings. The molecular weight excluding hydrogens is 444 g/mol. The Morgan fingerprint density at radius 3 is 2.43 bits per heavy atom. The second kappa shape index (κ2) is 9.85. The number of ether oxygens (including phenoxy) is 1. The number of aryl methyl sites for hydroxylation is 2. The second-order valence-electron chi connectivity index (χ2n) is 10.9. The van der Waals surface area contributed by atoms with Crippen molar-refractivity contribution < 1.29 is 14.3 Å². The summed E-state index contributed by atoms with van der Waals surface area (Å²) in [7, 11) is 0. The van der Waals surface area contributed by atoms with Crippen molar-refractivity contribution in [2.45, 2.75) is 60.8 Å². The molecule has 186 valence electrons. The molecule has 3 rings (SSSR count). The van der Waals surface area contributed by atoms with E-state index in [9.17, 15) is 9.59 Å². The molecule has 0 saturated carbocycles. The molecule has 0 aliphatic rings. The molecule has 2 N–H and O–H groups in total. The van der Waals surface area contributed by atoms with Gasteiger partial charge in [0.2, 0.25) is 0 Å². The number of benzene rings is 1. The van der Waals surface area contributed by atoms with Crippen LogP contribution < -0.4 is 15.4 Å². The summed E-state index contributed by atoms with van der Waals surface area (Å²) in [6.07, 6.45) is 2.74. The maximum atomic E-state index is 13.1. The predicted molar refractivity (Wildman–Crippen MR) is 135 cm³/mol. The van der Waals surface area contributed by atoms with Gasteiger partial charge < -0.3 is 15.4 Å². The van der Waals surface area contributed by atoms with Crippen LogP contribution >= 0.6 is 0 Å². The Kier molecular flexibility index (Phi) is 7.28. The zero-order valence-corrected chi connectivity index (χ0v) is 21.7. The lowest BCUT2D eigenvalue weighted by atomic mass is 9.88. The van der Waals surface area contributed by atoms with Crippen molar-refractivity contribution in [3.05, 3.63) is 59.0 Å². The van der Waals surface area contributed by atoms with Gasteiger partial charge in [0.05, 0.1) is 23.3 Å². The molecule has 0 saturated heterocycles. The van der Waals surface area contributed by atoms with Crippen LogP contribution in [0.2, 0.25) is 0 Å². The summed E-state index contributed by atoms with van der Waals surface area (Å²) in [6.45, 7) is 16.5. The molecule has 9 nitrogen and oxygen atoms in total. The molecule has 0 radical (unpaired) electrons. The Labute approximate surface area is 206 Å². The fourth-order valence-electron chi connectivity index (χ4n) is 3.14. The molecule has 0 atom stereocenters. The van der Waals surface area contributed by atoms with E-state index in [1.165, 1.54) is 10.9 Å². The summed E-state index contributed by atoms with van der Waals surface area (Å²) in [6, 6.07) is 7.26. The summed E-state index contributed by atoms with van der Waals surface area (Å²) >= 11 is 0. The summed E-state index contributed by atoms with van der Waals surface area (Å²) in [5, 5.41) is 13.7. The van der Waals surface area contributed by atoms with Crippen LogP contribution in [0.4, 0.5) is 10.5 Å². The first-order valence-corrected chi connectivity index (χ1v) is 11.5. The van der Waals surface area contributed by atoms with Gasteiger partial charge in [0.15, 0.2) is 0 Å². The molecule has 2 aromatic heterocycles. The third-order valence-electron chi connectivity index (χ3n) is 5.35. The molecule has 9 heteroatoms. The van der Waals surface area contributed by atoms with Crippen molar-refractivity contribution in [3.63, 3.8) is 0 Å². The Bertz CT molecular complexity index is 1230. The first-order valence-electron chi connectivity index (χ1n) is 11.5. The quantitative estimate of drug-likeness (QED) is 0.536. The van der Waals surface area contributed by atoms with Crippen LogP contribution in [-0.4, -0.2) is 38.5 Å². The minimum Gasteiger partial charge on any atom is -0.388 e. The lowest BCUT2D eigenvalue weighted by Gasteiger charge is -2.20. The molecule has 0 spiro atoms. The van der Waals surface area contributed by atoms with Gasteiger partial charge in [-0.15, -0.1) is 0 Å². The zero-order valence-electron chi connectivity index (χ0n) is 21.7. The van der Waals surface area contributed by atoms with Crippen LogP contribution in [0.15, 0.2) is 36.7 Å². The van der Waals surface area contributed by atoms with E-state index in [-0.39, 0.29) is 22.6 Å². The number of nitrogens with one attached hydrogen (secondary N) is 2. The van der Waals surface area contributed by atoms with E-state index in [1.54, 1.807) is 12.1 Å². The highest BCUT2D eigenvalue weighted by Gasteiger charge is 2.18. The molecule has 0 aliphatic heterocycles. The number of anilines is 1. The topological polar surface area (TPSA) is 111 Å². The minimum atomic E-state index is -0.599. The number of hydrogen-bond donors (Lipinski definition) is 2. The van der Waals surface area contributed by atoms with Gasteiger partial charge in [0, 0.05) is 18.3 Å². The number of rotatable bonds is 5. The molecule has 0 fully saturated rings. The van der Waals surface area contributed by atoms with Gasteiger partial charge in [-0.25, -0.2) is 9.48 Å². The standard InChI is InChI=1S/C26H34N6O3/c1-16-9-10-18(23(33)29-20-12-19(26(6,7)8)13-27-17(20)2)11-21(16)32-14-22(30-31-32)35-24(34)28-15-25(3,4)5/h9-14H,15H2,1-8H3,(H,28,34)(H,29,33). The molecule has 0 bridgehead atoms. The molecule has 2 amide bonds. The Balaban J connectivity index is 1.78. The van der Waals surface area contributed by atoms with Crippen LogP contribution in [0.3, 0.4) is 0 Å². The van der Waals surface area contributed by atoms with Gasteiger partial charge in [0.25, 0.3) is 11.8 Å². The minimum absolute atomic E-state index is 0.0614. The summed E-state index contributed by atoms with van der Waals surface area (Å²) < 4.78 is 6.71. The van der Waals surface area contributed by atoms with Gasteiger partial charge in [0.1, 0.15) is 0 Å². The number of nitrogens with zero attached hydrogens (tertiary/aromatic N) is 4. The van der Waals surface area contributed by atoms with Crippen molar-refractivity contribution in [1.82, 2.24) is 25.3 Å². The van der Waals surface area contributed by atoms with E-state index in [0.717, 1.165) is 16.8 Å². The normalized spacial score (nSPS) is 11.8. The van der Waals surface area contributed by atoms with Crippen LogP contribution in [0, 0.1) is 19.3 Å². The number of amides is 2. The Morgan fingerprint density at radius 1 is 1.06 bits per heavy atom. The summed E-state index contributed by atoms with van der Waals surface area (Å²) in [4.78, 5) is 29.5. The zero-order chi connectivity index (χ0) is 26.0.